The second-order valence-corrected chi connectivity index (χ2v) is 7.12. The molecule has 0 radical (unpaired) electrons. The third-order valence-corrected chi connectivity index (χ3v) is 4.97. The van der Waals surface area contributed by atoms with Crippen molar-refractivity contribution in [2.75, 3.05) is 25.0 Å². The van der Waals surface area contributed by atoms with Crippen LogP contribution in [0.25, 0.3) is 0 Å². The van der Waals surface area contributed by atoms with Gasteiger partial charge < -0.3 is 26.4 Å². The van der Waals surface area contributed by atoms with Crippen molar-refractivity contribution in [1.29, 1.82) is 0 Å². The van der Waals surface area contributed by atoms with Crippen molar-refractivity contribution in [2.45, 2.75) is 37.8 Å². The Labute approximate surface area is 151 Å². The third-order valence-electron chi connectivity index (χ3n) is 4.97. The van der Waals surface area contributed by atoms with Gasteiger partial charge in [-0.05, 0) is 43.5 Å². The molecule has 2 aliphatic heterocycles. The molecule has 1 aromatic carbocycles. The van der Waals surface area contributed by atoms with E-state index in [0.29, 0.717) is 31.5 Å². The first kappa shape index (κ1) is 18.3. The molecule has 0 spiro atoms. The molecule has 0 saturated carbocycles. The predicted molar refractivity (Wildman–Crippen MR) is 95.5 cm³/mol. The summed E-state index contributed by atoms with van der Waals surface area (Å²) in [5.74, 6) is -0.507. The molecule has 3 rings (SSSR count). The molecule has 1 saturated heterocycles. The summed E-state index contributed by atoms with van der Waals surface area (Å²) in [5.41, 5.74) is 6.55. The Hall–Kier alpha value is -2.45. The molecule has 3 amide bonds. The van der Waals surface area contributed by atoms with Crippen LogP contribution in [-0.2, 0) is 16.0 Å². The number of nitrogens with zero attached hydrogens (tertiary/aromatic N) is 1. The van der Waals surface area contributed by atoms with Crippen molar-refractivity contribution in [3.63, 3.8) is 0 Å². The molecule has 5 N–H and O–H groups in total. The molecule has 0 aliphatic carbocycles. The Morgan fingerprint density at radius 3 is 2.73 bits per heavy atom. The highest BCUT2D eigenvalue weighted by atomic mass is 16.3. The van der Waals surface area contributed by atoms with Gasteiger partial charge in [-0.3, -0.25) is 14.4 Å². The number of rotatable bonds is 4. The van der Waals surface area contributed by atoms with Gasteiger partial charge in [0.1, 0.15) is 0 Å². The molecule has 8 nitrogen and oxygen atoms in total. The Balaban J connectivity index is 1.54. The van der Waals surface area contributed by atoms with Crippen LogP contribution in [0.15, 0.2) is 18.2 Å². The minimum absolute atomic E-state index is 0.0834. The van der Waals surface area contributed by atoms with Gasteiger partial charge in [-0.15, -0.1) is 0 Å². The molecule has 1 unspecified atom stereocenters. The molecule has 0 bridgehead atoms. The highest BCUT2D eigenvalue weighted by Gasteiger charge is 2.35. The number of amides is 3. The number of fused-ring (bicyclic) bond motifs is 1. The van der Waals surface area contributed by atoms with Crippen molar-refractivity contribution in [3.05, 3.63) is 29.3 Å². The first-order chi connectivity index (χ1) is 12.3. The number of aliphatic hydroxyl groups is 1. The van der Waals surface area contributed by atoms with E-state index in [4.69, 9.17) is 5.73 Å². The molecular formula is C18H24N4O4. The lowest BCUT2D eigenvalue weighted by atomic mass is 9.91. The smallest absolute Gasteiger partial charge is 0.251 e. The fourth-order valence-electron chi connectivity index (χ4n) is 3.33. The minimum Gasteiger partial charge on any atom is -0.388 e. The summed E-state index contributed by atoms with van der Waals surface area (Å²) in [5, 5.41) is 16.1. The molecule has 8 heteroatoms. The summed E-state index contributed by atoms with van der Waals surface area (Å²) < 4.78 is 0. The highest BCUT2D eigenvalue weighted by Crippen LogP contribution is 2.25. The lowest BCUT2D eigenvalue weighted by molar-refractivity contribution is -0.136. The largest absolute Gasteiger partial charge is 0.388 e. The number of carbonyl (C=O) groups is 3. The zero-order valence-electron chi connectivity index (χ0n) is 14.7. The fraction of sp³-hybridized carbons (Fsp3) is 0.500. The van der Waals surface area contributed by atoms with E-state index in [1.807, 2.05) is 0 Å². The van der Waals surface area contributed by atoms with E-state index in [1.165, 1.54) is 0 Å². The van der Waals surface area contributed by atoms with Crippen LogP contribution in [0.1, 0.15) is 35.7 Å². The van der Waals surface area contributed by atoms with E-state index >= 15 is 0 Å². The van der Waals surface area contributed by atoms with Crippen LogP contribution >= 0.6 is 0 Å². The number of piperidine rings is 1. The Kier molecular flexibility index (Phi) is 4.97. The average molecular weight is 360 g/mol. The van der Waals surface area contributed by atoms with Gasteiger partial charge in [-0.1, -0.05) is 0 Å². The van der Waals surface area contributed by atoms with Crippen LogP contribution in [0.3, 0.4) is 0 Å². The van der Waals surface area contributed by atoms with Gasteiger partial charge in [0.2, 0.25) is 11.8 Å². The lowest BCUT2D eigenvalue weighted by Gasteiger charge is -2.38. The molecule has 2 heterocycles. The van der Waals surface area contributed by atoms with E-state index in [2.05, 4.69) is 10.6 Å². The second-order valence-electron chi connectivity index (χ2n) is 7.12. The van der Waals surface area contributed by atoms with Crippen molar-refractivity contribution in [1.82, 2.24) is 10.2 Å². The summed E-state index contributed by atoms with van der Waals surface area (Å²) in [6.45, 7) is 2.59. The second kappa shape index (κ2) is 7.05. The van der Waals surface area contributed by atoms with Crippen LogP contribution in [0.4, 0.5) is 5.69 Å². The van der Waals surface area contributed by atoms with Crippen LogP contribution in [0, 0.1) is 0 Å². The fourth-order valence-corrected chi connectivity index (χ4v) is 3.33. The first-order valence-corrected chi connectivity index (χ1v) is 8.75. The number of nitrogens with two attached hydrogens (primary N) is 1. The van der Waals surface area contributed by atoms with Crippen molar-refractivity contribution < 1.29 is 19.5 Å². The van der Waals surface area contributed by atoms with Crippen LogP contribution < -0.4 is 16.4 Å². The maximum Gasteiger partial charge on any atom is 0.251 e. The summed E-state index contributed by atoms with van der Waals surface area (Å²) in [4.78, 5) is 37.3. The van der Waals surface area contributed by atoms with E-state index in [9.17, 15) is 19.5 Å². The van der Waals surface area contributed by atoms with E-state index in [-0.39, 0.29) is 30.7 Å². The van der Waals surface area contributed by atoms with Crippen LogP contribution in [-0.4, -0.2) is 59.0 Å². The SMILES string of the molecule is CC(N)C(=O)N1CCC(O)(CNC(=O)c2ccc3c(c2)CC(=O)N3)CC1. The number of carbonyl (C=O) groups excluding carboxylic acids is 3. The van der Waals surface area contributed by atoms with Gasteiger partial charge in [0.15, 0.2) is 0 Å². The van der Waals surface area contributed by atoms with Gasteiger partial charge in [0.25, 0.3) is 5.91 Å². The lowest BCUT2D eigenvalue weighted by Crippen LogP contribution is -2.54. The van der Waals surface area contributed by atoms with Crippen LogP contribution in [0.5, 0.6) is 0 Å². The van der Waals surface area contributed by atoms with Crippen molar-refractivity contribution in [3.8, 4) is 0 Å². The zero-order chi connectivity index (χ0) is 18.9. The average Bonchev–Trinajstić information content (AvgIpc) is 2.99. The standard InChI is InChI=1S/C18H24N4O4/c1-11(19)17(25)22-6-4-18(26,5-7-22)10-20-16(24)12-2-3-14-13(8-12)9-15(23)21-14/h2-3,8,11,26H,4-7,9-10,19H2,1H3,(H,20,24)(H,21,23). The summed E-state index contributed by atoms with van der Waals surface area (Å²) in [6, 6.07) is 4.49. The Morgan fingerprint density at radius 1 is 1.38 bits per heavy atom. The summed E-state index contributed by atoms with van der Waals surface area (Å²) >= 11 is 0. The van der Waals surface area contributed by atoms with Gasteiger partial charge >= 0.3 is 0 Å². The minimum atomic E-state index is -1.04. The summed E-state index contributed by atoms with van der Waals surface area (Å²) in [6.07, 6.45) is 1.03. The van der Waals surface area contributed by atoms with Crippen molar-refractivity contribution in [2.24, 2.45) is 5.73 Å². The molecule has 1 fully saturated rings. The molecule has 0 aromatic heterocycles. The van der Waals surface area contributed by atoms with E-state index < -0.39 is 11.6 Å². The normalized spacial score (nSPS) is 19.5. The predicted octanol–water partition coefficient (Wildman–Crippen LogP) is -0.388. The van der Waals surface area contributed by atoms with Crippen LogP contribution in [0.2, 0.25) is 0 Å². The molecule has 1 aromatic rings. The van der Waals surface area contributed by atoms with E-state index in [0.717, 1.165) is 11.3 Å². The van der Waals surface area contributed by atoms with E-state index in [1.54, 1.807) is 30.0 Å². The highest BCUT2D eigenvalue weighted by molar-refractivity contribution is 6.01. The number of anilines is 1. The maximum absolute atomic E-state index is 12.4. The molecule has 26 heavy (non-hydrogen) atoms. The topological polar surface area (TPSA) is 125 Å². The molecule has 2 aliphatic rings. The summed E-state index contributed by atoms with van der Waals surface area (Å²) in [7, 11) is 0. The van der Waals surface area contributed by atoms with Gasteiger partial charge in [-0.25, -0.2) is 0 Å². The number of benzene rings is 1. The van der Waals surface area contributed by atoms with Gasteiger partial charge in [0.05, 0.1) is 18.1 Å². The first-order valence-electron chi connectivity index (χ1n) is 8.75. The maximum atomic E-state index is 12.4. The van der Waals surface area contributed by atoms with Gasteiger partial charge in [0, 0.05) is 30.9 Å². The quantitative estimate of drug-likeness (QED) is 0.582. The Bertz CT molecular complexity index is 739. The number of hydrogen-bond acceptors (Lipinski definition) is 5. The molecule has 1 atom stereocenters. The Morgan fingerprint density at radius 2 is 2.08 bits per heavy atom. The molecular weight excluding hydrogens is 336 g/mol. The monoisotopic (exact) mass is 360 g/mol. The third kappa shape index (κ3) is 3.86. The number of likely N-dealkylation sites (tertiary alicyclic amines) is 1. The number of hydrogen-bond donors (Lipinski definition) is 4. The zero-order valence-corrected chi connectivity index (χ0v) is 14.7. The van der Waals surface area contributed by atoms with Crippen molar-refractivity contribution >= 4 is 23.4 Å². The molecule has 140 valence electrons. The number of nitrogens with one attached hydrogen (secondary N) is 2. The van der Waals surface area contributed by atoms with Gasteiger partial charge in [-0.2, -0.15) is 0 Å².